The molecule has 1 aliphatic heterocycles. The van der Waals surface area contributed by atoms with Gasteiger partial charge in [0.1, 0.15) is 5.69 Å². The standard InChI is InChI=1S/C13H17BrN4OS/c14-10-2-1-5-16-12(10)13(19)17-9-3-6-18(7-4-9)8-11(15)20/h1-2,5,9H,3-4,6-8H2,(H2,15,20)(H,17,19). The Labute approximate surface area is 132 Å². The summed E-state index contributed by atoms with van der Waals surface area (Å²) < 4.78 is 0.711. The van der Waals surface area contributed by atoms with E-state index in [1.54, 1.807) is 12.3 Å². The van der Waals surface area contributed by atoms with E-state index in [2.05, 4.69) is 31.1 Å². The fourth-order valence-corrected chi connectivity index (χ4v) is 2.88. The number of carbonyl (C=O) groups is 1. The quantitative estimate of drug-likeness (QED) is 0.796. The summed E-state index contributed by atoms with van der Waals surface area (Å²) in [4.78, 5) is 19.0. The molecule has 3 N–H and O–H groups in total. The Bertz CT molecular complexity index is 503. The third kappa shape index (κ3) is 4.22. The first kappa shape index (κ1) is 15.3. The third-order valence-electron chi connectivity index (χ3n) is 3.28. The summed E-state index contributed by atoms with van der Waals surface area (Å²) >= 11 is 8.25. The molecule has 1 aromatic heterocycles. The van der Waals surface area contributed by atoms with Gasteiger partial charge in [-0.1, -0.05) is 12.2 Å². The molecule has 7 heteroatoms. The fourth-order valence-electron chi connectivity index (χ4n) is 2.26. The van der Waals surface area contributed by atoms with E-state index < -0.39 is 0 Å². The van der Waals surface area contributed by atoms with E-state index in [1.807, 2.05) is 6.07 Å². The van der Waals surface area contributed by atoms with Crippen molar-refractivity contribution in [2.45, 2.75) is 18.9 Å². The lowest BCUT2D eigenvalue weighted by molar-refractivity contribution is 0.0909. The Morgan fingerprint density at radius 3 is 2.85 bits per heavy atom. The van der Waals surface area contributed by atoms with Gasteiger partial charge in [-0.05, 0) is 40.9 Å². The summed E-state index contributed by atoms with van der Waals surface area (Å²) in [6.07, 6.45) is 3.42. The molecule has 0 radical (unpaired) electrons. The largest absolute Gasteiger partial charge is 0.392 e. The van der Waals surface area contributed by atoms with Crippen LogP contribution in [0.1, 0.15) is 23.3 Å². The van der Waals surface area contributed by atoms with Crippen molar-refractivity contribution >= 4 is 39.0 Å². The summed E-state index contributed by atoms with van der Waals surface area (Å²) in [5.74, 6) is -0.134. The van der Waals surface area contributed by atoms with Gasteiger partial charge in [-0.15, -0.1) is 0 Å². The van der Waals surface area contributed by atoms with Crippen LogP contribution in [0.25, 0.3) is 0 Å². The van der Waals surface area contributed by atoms with Gasteiger partial charge in [0.2, 0.25) is 0 Å². The lowest BCUT2D eigenvalue weighted by atomic mass is 10.0. The number of pyridine rings is 1. The van der Waals surface area contributed by atoms with Crippen LogP contribution in [0.4, 0.5) is 0 Å². The van der Waals surface area contributed by atoms with Crippen molar-refractivity contribution in [3.63, 3.8) is 0 Å². The number of nitrogens with one attached hydrogen (secondary N) is 1. The molecule has 0 aliphatic carbocycles. The zero-order chi connectivity index (χ0) is 14.5. The Hall–Kier alpha value is -1.05. The average molecular weight is 357 g/mol. The van der Waals surface area contributed by atoms with Crippen LogP contribution in [0.3, 0.4) is 0 Å². The second-order valence-electron chi connectivity index (χ2n) is 4.82. The van der Waals surface area contributed by atoms with Crippen LogP contribution in [0, 0.1) is 0 Å². The minimum Gasteiger partial charge on any atom is -0.392 e. The third-order valence-corrected chi connectivity index (χ3v) is 4.04. The highest BCUT2D eigenvalue weighted by Gasteiger charge is 2.22. The maximum absolute atomic E-state index is 12.1. The van der Waals surface area contributed by atoms with E-state index in [4.69, 9.17) is 18.0 Å². The smallest absolute Gasteiger partial charge is 0.271 e. The number of thiocarbonyl (C=S) groups is 1. The number of piperidine rings is 1. The molecule has 2 heterocycles. The number of hydrogen-bond acceptors (Lipinski definition) is 4. The highest BCUT2D eigenvalue weighted by Crippen LogP contribution is 2.15. The fraction of sp³-hybridized carbons (Fsp3) is 0.462. The molecule has 1 aliphatic rings. The average Bonchev–Trinajstić information content (AvgIpc) is 2.41. The Morgan fingerprint density at radius 2 is 2.25 bits per heavy atom. The van der Waals surface area contributed by atoms with E-state index in [0.29, 0.717) is 21.7 Å². The van der Waals surface area contributed by atoms with E-state index in [9.17, 15) is 4.79 Å². The first-order valence-corrected chi connectivity index (χ1v) is 7.68. The lowest BCUT2D eigenvalue weighted by Crippen LogP contribution is -2.46. The minimum atomic E-state index is -0.134. The van der Waals surface area contributed by atoms with Gasteiger partial charge in [-0.2, -0.15) is 0 Å². The van der Waals surface area contributed by atoms with Gasteiger partial charge in [0.05, 0.1) is 4.99 Å². The summed E-state index contributed by atoms with van der Waals surface area (Å²) in [6, 6.07) is 3.78. The van der Waals surface area contributed by atoms with Gasteiger partial charge >= 0.3 is 0 Å². The Kier molecular flexibility index (Phi) is 5.45. The monoisotopic (exact) mass is 356 g/mol. The van der Waals surface area contributed by atoms with Gasteiger partial charge in [-0.25, -0.2) is 4.98 Å². The highest BCUT2D eigenvalue weighted by molar-refractivity contribution is 9.10. The molecule has 108 valence electrons. The molecule has 1 saturated heterocycles. The van der Waals surface area contributed by atoms with Crippen LogP contribution in [0.15, 0.2) is 22.8 Å². The number of nitrogens with two attached hydrogens (primary N) is 1. The molecule has 0 saturated carbocycles. The van der Waals surface area contributed by atoms with Gasteiger partial charge in [0, 0.05) is 36.3 Å². The zero-order valence-corrected chi connectivity index (χ0v) is 13.4. The van der Waals surface area contributed by atoms with Crippen molar-refractivity contribution < 1.29 is 4.79 Å². The number of carbonyl (C=O) groups excluding carboxylic acids is 1. The summed E-state index contributed by atoms with van der Waals surface area (Å²) in [6.45, 7) is 2.44. The number of halogens is 1. The molecular formula is C13H17BrN4OS. The van der Waals surface area contributed by atoms with E-state index in [-0.39, 0.29) is 11.9 Å². The second kappa shape index (κ2) is 7.10. The van der Waals surface area contributed by atoms with Gasteiger partial charge in [0.25, 0.3) is 5.91 Å². The molecular weight excluding hydrogens is 340 g/mol. The van der Waals surface area contributed by atoms with Crippen LogP contribution < -0.4 is 11.1 Å². The SMILES string of the molecule is NC(=S)CN1CCC(NC(=O)c2ncccc2Br)CC1. The zero-order valence-electron chi connectivity index (χ0n) is 11.0. The van der Waals surface area contributed by atoms with E-state index in [1.165, 1.54) is 0 Å². The van der Waals surface area contributed by atoms with Crippen LogP contribution in [0.5, 0.6) is 0 Å². The number of amides is 1. The minimum absolute atomic E-state index is 0.134. The van der Waals surface area contributed by atoms with Crippen molar-refractivity contribution in [3.8, 4) is 0 Å². The summed E-state index contributed by atoms with van der Waals surface area (Å²) in [5, 5.41) is 3.03. The second-order valence-corrected chi connectivity index (χ2v) is 6.20. The number of rotatable bonds is 4. The van der Waals surface area contributed by atoms with Crippen molar-refractivity contribution in [2.24, 2.45) is 5.73 Å². The molecule has 0 spiro atoms. The summed E-state index contributed by atoms with van der Waals surface area (Å²) in [5.41, 5.74) is 5.97. The summed E-state index contributed by atoms with van der Waals surface area (Å²) in [7, 11) is 0. The molecule has 2 rings (SSSR count). The molecule has 0 unspecified atom stereocenters. The predicted molar refractivity (Wildman–Crippen MR) is 85.7 cm³/mol. The number of likely N-dealkylation sites (tertiary alicyclic amines) is 1. The predicted octanol–water partition coefficient (Wildman–Crippen LogP) is 1.32. The van der Waals surface area contributed by atoms with E-state index >= 15 is 0 Å². The lowest BCUT2D eigenvalue weighted by Gasteiger charge is -2.31. The maximum Gasteiger partial charge on any atom is 0.271 e. The molecule has 0 atom stereocenters. The first-order valence-electron chi connectivity index (χ1n) is 6.48. The maximum atomic E-state index is 12.1. The molecule has 5 nitrogen and oxygen atoms in total. The van der Waals surface area contributed by atoms with Crippen molar-refractivity contribution in [2.75, 3.05) is 19.6 Å². The normalized spacial score (nSPS) is 16.9. The van der Waals surface area contributed by atoms with Crippen LogP contribution in [-0.2, 0) is 0 Å². The molecule has 0 aromatic carbocycles. The molecule has 1 fully saturated rings. The topological polar surface area (TPSA) is 71.2 Å². The van der Waals surface area contributed by atoms with E-state index in [0.717, 1.165) is 25.9 Å². The van der Waals surface area contributed by atoms with Crippen LogP contribution >= 0.6 is 28.1 Å². The number of hydrogen-bond donors (Lipinski definition) is 2. The number of nitrogens with zero attached hydrogens (tertiary/aromatic N) is 2. The van der Waals surface area contributed by atoms with Gasteiger partial charge in [0.15, 0.2) is 0 Å². The van der Waals surface area contributed by atoms with Crippen molar-refractivity contribution in [1.82, 2.24) is 15.2 Å². The Morgan fingerprint density at radius 1 is 1.55 bits per heavy atom. The highest BCUT2D eigenvalue weighted by atomic mass is 79.9. The first-order chi connectivity index (χ1) is 9.56. The molecule has 0 bridgehead atoms. The van der Waals surface area contributed by atoms with Gasteiger partial charge in [-0.3, -0.25) is 9.69 Å². The van der Waals surface area contributed by atoms with Crippen molar-refractivity contribution in [3.05, 3.63) is 28.5 Å². The Balaban J connectivity index is 1.85. The number of aromatic nitrogens is 1. The van der Waals surface area contributed by atoms with Crippen LogP contribution in [-0.4, -0.2) is 46.5 Å². The molecule has 20 heavy (non-hydrogen) atoms. The van der Waals surface area contributed by atoms with Gasteiger partial charge < -0.3 is 11.1 Å². The van der Waals surface area contributed by atoms with Crippen LogP contribution in [0.2, 0.25) is 0 Å². The molecule has 1 aromatic rings. The van der Waals surface area contributed by atoms with Crippen molar-refractivity contribution in [1.29, 1.82) is 0 Å². The molecule has 1 amide bonds.